The van der Waals surface area contributed by atoms with E-state index >= 15 is 0 Å². The molecule has 0 N–H and O–H groups in total. The molecule has 35 heavy (non-hydrogen) atoms. The fraction of sp³-hybridized carbons (Fsp3) is 0.269. The van der Waals surface area contributed by atoms with Crippen LogP contribution in [-0.4, -0.2) is 65.0 Å². The molecule has 0 saturated carbocycles. The number of rotatable bonds is 6. The second kappa shape index (κ2) is 11.4. The molecule has 3 aromatic rings. The van der Waals surface area contributed by atoms with E-state index in [4.69, 9.17) is 0 Å². The summed E-state index contributed by atoms with van der Waals surface area (Å²) in [7, 11) is 0. The van der Waals surface area contributed by atoms with E-state index < -0.39 is 0 Å². The van der Waals surface area contributed by atoms with Gasteiger partial charge in [0.1, 0.15) is 17.5 Å². The van der Waals surface area contributed by atoms with Crippen LogP contribution in [0.3, 0.4) is 0 Å². The number of aromatic nitrogens is 2. The van der Waals surface area contributed by atoms with Crippen molar-refractivity contribution in [2.75, 3.05) is 37.6 Å². The first-order valence-corrected chi connectivity index (χ1v) is 11.4. The Morgan fingerprint density at radius 2 is 1.54 bits per heavy atom. The maximum Gasteiger partial charge on any atom is 0.224 e. The summed E-state index contributed by atoms with van der Waals surface area (Å²) in [5.74, 6) is 0.535. The molecule has 1 saturated heterocycles. The molecule has 0 spiro atoms. The Kier molecular flexibility index (Phi) is 7.87. The second-order valence-electron chi connectivity index (χ2n) is 8.10. The predicted octanol–water partition coefficient (Wildman–Crippen LogP) is 3.75. The quantitative estimate of drug-likeness (QED) is 0.401. The normalized spacial score (nSPS) is 14.8. The lowest BCUT2D eigenvalue weighted by Gasteiger charge is -2.35. The fourth-order valence-corrected chi connectivity index (χ4v) is 3.76. The van der Waals surface area contributed by atoms with Crippen molar-refractivity contribution in [2.24, 2.45) is 9.98 Å². The molecule has 1 aromatic heterocycles. The van der Waals surface area contributed by atoms with Crippen LogP contribution in [0.2, 0.25) is 0 Å². The Hall–Kier alpha value is -4.01. The molecule has 0 atom stereocenters. The van der Waals surface area contributed by atoms with E-state index in [9.17, 15) is 13.6 Å². The summed E-state index contributed by atoms with van der Waals surface area (Å²) in [6.07, 6.45) is 5.25. The Morgan fingerprint density at radius 3 is 2.14 bits per heavy atom. The summed E-state index contributed by atoms with van der Waals surface area (Å²) in [5.41, 5.74) is 2.02. The van der Waals surface area contributed by atoms with Crippen LogP contribution in [0.15, 0.2) is 77.1 Å². The van der Waals surface area contributed by atoms with Gasteiger partial charge in [-0.3, -0.25) is 14.8 Å². The lowest BCUT2D eigenvalue weighted by Crippen LogP contribution is -2.49. The predicted molar refractivity (Wildman–Crippen MR) is 132 cm³/mol. The number of hydrogen-bond donors (Lipinski definition) is 0. The number of piperazine rings is 1. The minimum absolute atomic E-state index is 0.0187. The van der Waals surface area contributed by atoms with Gasteiger partial charge in [0.25, 0.3) is 0 Å². The van der Waals surface area contributed by atoms with Gasteiger partial charge in [-0.1, -0.05) is 12.1 Å². The van der Waals surface area contributed by atoms with Crippen LogP contribution >= 0.6 is 0 Å². The summed E-state index contributed by atoms with van der Waals surface area (Å²) in [5, 5.41) is 0. The van der Waals surface area contributed by atoms with Crippen LogP contribution in [-0.2, 0) is 4.79 Å². The molecule has 4 rings (SSSR count). The van der Waals surface area contributed by atoms with E-state index in [1.54, 1.807) is 49.8 Å². The maximum absolute atomic E-state index is 13.4. The van der Waals surface area contributed by atoms with Crippen molar-refractivity contribution in [3.05, 3.63) is 89.9 Å². The van der Waals surface area contributed by atoms with E-state index in [0.717, 1.165) is 11.4 Å². The Morgan fingerprint density at radius 1 is 0.914 bits per heavy atom. The van der Waals surface area contributed by atoms with E-state index in [0.29, 0.717) is 43.3 Å². The topological polar surface area (TPSA) is 74.1 Å². The molecular weight excluding hydrogens is 450 g/mol. The second-order valence-corrected chi connectivity index (χ2v) is 8.10. The summed E-state index contributed by atoms with van der Waals surface area (Å²) >= 11 is 0. The van der Waals surface area contributed by atoms with Crippen molar-refractivity contribution in [1.82, 2.24) is 14.9 Å². The molecule has 1 amide bonds. The molecule has 0 radical (unpaired) electrons. The summed E-state index contributed by atoms with van der Waals surface area (Å²) in [6, 6.07) is 11.9. The molecule has 2 aromatic carbocycles. The number of carbonyl (C=O) groups is 1. The van der Waals surface area contributed by atoms with Crippen LogP contribution in [0.4, 0.5) is 14.6 Å². The van der Waals surface area contributed by atoms with E-state index in [-0.39, 0.29) is 30.5 Å². The van der Waals surface area contributed by atoms with Crippen LogP contribution in [0.1, 0.15) is 24.5 Å². The standard InChI is InChI=1S/C26H26F2N6O/c1-19(20-2-6-22(27)7-3-20)32-26(21-4-8-23(28)9-5-21)31-11-10-25(35)34-16-14-33(15-17-34)24-18-29-12-13-30-24/h2-9,12-13,18H,10-11,14-17H2,1H3/b31-26?,32-19+. The number of anilines is 1. The smallest absolute Gasteiger partial charge is 0.224 e. The third-order valence-electron chi connectivity index (χ3n) is 5.73. The van der Waals surface area contributed by atoms with Gasteiger partial charge in [0.2, 0.25) is 5.91 Å². The minimum Gasteiger partial charge on any atom is -0.352 e. The molecule has 1 fully saturated rings. The average Bonchev–Trinajstić information content (AvgIpc) is 2.89. The first-order valence-electron chi connectivity index (χ1n) is 11.4. The van der Waals surface area contributed by atoms with Crippen LogP contribution in [0.5, 0.6) is 0 Å². The third-order valence-corrected chi connectivity index (χ3v) is 5.73. The molecule has 1 aliphatic rings. The van der Waals surface area contributed by atoms with Gasteiger partial charge in [-0.05, 0) is 48.9 Å². The van der Waals surface area contributed by atoms with Gasteiger partial charge in [0.15, 0.2) is 5.84 Å². The number of nitrogens with zero attached hydrogens (tertiary/aromatic N) is 6. The Bertz CT molecular complexity index is 1190. The highest BCUT2D eigenvalue weighted by molar-refractivity contribution is 6.11. The van der Waals surface area contributed by atoms with Crippen molar-refractivity contribution in [3.63, 3.8) is 0 Å². The molecule has 7 nitrogen and oxygen atoms in total. The lowest BCUT2D eigenvalue weighted by molar-refractivity contribution is -0.131. The van der Waals surface area contributed by atoms with Crippen LogP contribution < -0.4 is 4.90 Å². The molecule has 0 bridgehead atoms. The van der Waals surface area contributed by atoms with Gasteiger partial charge in [0.05, 0.1) is 12.7 Å². The Balaban J connectivity index is 1.41. The molecule has 180 valence electrons. The van der Waals surface area contributed by atoms with Gasteiger partial charge >= 0.3 is 0 Å². The van der Waals surface area contributed by atoms with Gasteiger partial charge in [-0.2, -0.15) is 0 Å². The molecule has 2 heterocycles. The number of aliphatic imine (C=N–C) groups is 2. The molecule has 0 unspecified atom stereocenters. The maximum atomic E-state index is 13.4. The van der Waals surface area contributed by atoms with Crippen LogP contribution in [0, 0.1) is 11.6 Å². The van der Waals surface area contributed by atoms with Crippen molar-refractivity contribution >= 4 is 23.3 Å². The first-order chi connectivity index (χ1) is 17.0. The minimum atomic E-state index is -0.358. The monoisotopic (exact) mass is 476 g/mol. The third kappa shape index (κ3) is 6.53. The number of benzene rings is 2. The van der Waals surface area contributed by atoms with Crippen molar-refractivity contribution in [3.8, 4) is 0 Å². The molecular formula is C26H26F2N6O. The van der Waals surface area contributed by atoms with Gasteiger partial charge in [-0.25, -0.2) is 18.8 Å². The highest BCUT2D eigenvalue weighted by atomic mass is 19.1. The SMILES string of the molecule is C/C(=N\C(=NCCC(=O)N1CCN(c2cnccn2)CC1)c1ccc(F)cc1)c1ccc(F)cc1. The lowest BCUT2D eigenvalue weighted by atomic mass is 10.1. The number of amides is 1. The first kappa shape index (κ1) is 24.1. The summed E-state index contributed by atoms with van der Waals surface area (Å²) in [4.78, 5) is 34.3. The van der Waals surface area contributed by atoms with Crippen molar-refractivity contribution < 1.29 is 13.6 Å². The van der Waals surface area contributed by atoms with Crippen molar-refractivity contribution in [2.45, 2.75) is 13.3 Å². The van der Waals surface area contributed by atoms with Gasteiger partial charge in [-0.15, -0.1) is 0 Å². The fourth-order valence-electron chi connectivity index (χ4n) is 3.76. The largest absolute Gasteiger partial charge is 0.352 e. The zero-order chi connectivity index (χ0) is 24.6. The zero-order valence-corrected chi connectivity index (χ0v) is 19.4. The summed E-state index contributed by atoms with van der Waals surface area (Å²) in [6.45, 7) is 4.63. The van der Waals surface area contributed by atoms with Gasteiger partial charge in [0, 0.05) is 56.3 Å². The van der Waals surface area contributed by atoms with E-state index in [1.165, 1.54) is 24.3 Å². The van der Waals surface area contributed by atoms with E-state index in [1.807, 2.05) is 4.90 Å². The highest BCUT2D eigenvalue weighted by Gasteiger charge is 2.21. The average molecular weight is 477 g/mol. The highest BCUT2D eigenvalue weighted by Crippen LogP contribution is 2.13. The number of amidine groups is 1. The van der Waals surface area contributed by atoms with Crippen molar-refractivity contribution in [1.29, 1.82) is 0 Å². The van der Waals surface area contributed by atoms with Crippen LogP contribution in [0.25, 0.3) is 0 Å². The molecule has 0 aliphatic carbocycles. The molecule has 1 aliphatic heterocycles. The molecule has 9 heteroatoms. The zero-order valence-electron chi connectivity index (χ0n) is 19.4. The van der Waals surface area contributed by atoms with Gasteiger partial charge < -0.3 is 9.80 Å². The number of carbonyl (C=O) groups excluding carboxylic acids is 1. The van der Waals surface area contributed by atoms with E-state index in [2.05, 4.69) is 24.9 Å². The summed E-state index contributed by atoms with van der Waals surface area (Å²) < 4.78 is 26.7. The Labute approximate surface area is 202 Å². The number of hydrogen-bond acceptors (Lipinski definition) is 5. The number of halogens is 2.